The Balaban J connectivity index is 1.96. The average Bonchev–Trinajstić information content (AvgIpc) is 2.58. The lowest BCUT2D eigenvalue weighted by Crippen LogP contribution is -2.01. The molecule has 0 unspecified atom stereocenters. The second-order valence-electron chi connectivity index (χ2n) is 5.49. The van der Waals surface area contributed by atoms with Crippen LogP contribution in [-0.2, 0) is 9.59 Å². The molecular formula is C20H18O6. The average molecular weight is 354 g/mol. The summed E-state index contributed by atoms with van der Waals surface area (Å²) in [5, 5.41) is 28.3. The number of allylic oxidation sites excluding steroid dienone is 2. The van der Waals surface area contributed by atoms with Crippen LogP contribution in [0.5, 0.6) is 23.0 Å². The molecule has 0 aliphatic heterocycles. The molecule has 0 atom stereocenters. The van der Waals surface area contributed by atoms with Crippen LogP contribution in [0.15, 0.2) is 48.6 Å². The molecule has 0 bridgehead atoms. The van der Waals surface area contributed by atoms with Crippen LogP contribution >= 0.6 is 0 Å². The first-order valence-corrected chi connectivity index (χ1v) is 7.69. The van der Waals surface area contributed by atoms with Crippen molar-refractivity contribution < 1.29 is 29.6 Å². The van der Waals surface area contributed by atoms with Gasteiger partial charge in [-0.3, -0.25) is 9.59 Å². The zero-order valence-electron chi connectivity index (χ0n) is 14.0. The van der Waals surface area contributed by atoms with Gasteiger partial charge in [0.2, 0.25) is 0 Å². The molecule has 3 N–H and O–H groups in total. The molecule has 0 heterocycles. The standard InChI is InChI=1S/C20H18O6/c1-26-20-10-13(4-7-19(20)25)2-5-15(21)11-16(22)6-3-14-8-17(23)12-18(24)9-14/h2-10,12,23-25H,11H2,1H3/b5-2+,6-3+. The number of carbonyl (C=O) groups excluding carboxylic acids is 2. The van der Waals surface area contributed by atoms with Gasteiger partial charge in [0.25, 0.3) is 0 Å². The zero-order valence-corrected chi connectivity index (χ0v) is 14.0. The minimum Gasteiger partial charge on any atom is -0.508 e. The monoisotopic (exact) mass is 354 g/mol. The topological polar surface area (TPSA) is 104 Å². The fourth-order valence-electron chi connectivity index (χ4n) is 2.18. The molecule has 0 spiro atoms. The summed E-state index contributed by atoms with van der Waals surface area (Å²) in [4.78, 5) is 23.7. The molecule has 0 saturated heterocycles. The van der Waals surface area contributed by atoms with Gasteiger partial charge < -0.3 is 20.1 Å². The summed E-state index contributed by atoms with van der Waals surface area (Å²) in [5.41, 5.74) is 1.08. The number of phenols is 3. The van der Waals surface area contributed by atoms with Gasteiger partial charge in [-0.2, -0.15) is 0 Å². The number of phenolic OH excluding ortho intramolecular Hbond substituents is 3. The van der Waals surface area contributed by atoms with Crippen LogP contribution in [-0.4, -0.2) is 34.0 Å². The van der Waals surface area contributed by atoms with E-state index < -0.39 is 5.78 Å². The maximum absolute atomic E-state index is 11.9. The van der Waals surface area contributed by atoms with E-state index in [1.807, 2.05) is 0 Å². The summed E-state index contributed by atoms with van der Waals surface area (Å²) in [6.07, 6.45) is 5.10. The molecule has 134 valence electrons. The maximum Gasteiger partial charge on any atom is 0.163 e. The molecule has 0 saturated carbocycles. The highest BCUT2D eigenvalue weighted by Gasteiger charge is 2.05. The number of methoxy groups -OCH3 is 1. The minimum absolute atomic E-state index is 0.00530. The number of carbonyl (C=O) groups is 2. The van der Waals surface area contributed by atoms with Crippen LogP contribution in [0, 0.1) is 0 Å². The van der Waals surface area contributed by atoms with Gasteiger partial charge in [-0.05, 0) is 47.5 Å². The summed E-state index contributed by atoms with van der Waals surface area (Å²) in [6.45, 7) is 0. The van der Waals surface area contributed by atoms with Crippen LogP contribution in [0.25, 0.3) is 12.2 Å². The van der Waals surface area contributed by atoms with Crippen molar-refractivity contribution in [2.24, 2.45) is 0 Å². The Hall–Kier alpha value is -3.54. The number of ether oxygens (including phenoxy) is 1. The van der Waals surface area contributed by atoms with Crippen molar-refractivity contribution in [3.63, 3.8) is 0 Å². The van der Waals surface area contributed by atoms with Gasteiger partial charge >= 0.3 is 0 Å². The largest absolute Gasteiger partial charge is 0.508 e. The first-order valence-electron chi connectivity index (χ1n) is 7.69. The number of ketones is 2. The smallest absolute Gasteiger partial charge is 0.163 e. The van der Waals surface area contributed by atoms with Crippen molar-refractivity contribution in [1.82, 2.24) is 0 Å². The van der Waals surface area contributed by atoms with Gasteiger partial charge in [0.05, 0.1) is 13.5 Å². The predicted octanol–water partition coefficient (Wildman–Crippen LogP) is 3.07. The number of aromatic hydroxyl groups is 3. The molecule has 2 aromatic carbocycles. The fraction of sp³-hybridized carbons (Fsp3) is 0.100. The maximum atomic E-state index is 11.9. The molecule has 0 aliphatic rings. The lowest BCUT2D eigenvalue weighted by molar-refractivity contribution is -0.121. The quantitative estimate of drug-likeness (QED) is 0.521. The van der Waals surface area contributed by atoms with Crippen LogP contribution in [0.2, 0.25) is 0 Å². The summed E-state index contributed by atoms with van der Waals surface area (Å²) in [5.74, 6) is -0.765. The summed E-state index contributed by atoms with van der Waals surface area (Å²) < 4.78 is 4.98. The first-order chi connectivity index (χ1) is 12.4. The number of benzene rings is 2. The van der Waals surface area contributed by atoms with E-state index in [4.69, 9.17) is 4.74 Å². The van der Waals surface area contributed by atoms with Crippen molar-refractivity contribution in [3.05, 3.63) is 59.7 Å². The third kappa shape index (κ3) is 5.52. The fourth-order valence-corrected chi connectivity index (χ4v) is 2.18. The van der Waals surface area contributed by atoms with Gasteiger partial charge in [-0.15, -0.1) is 0 Å². The van der Waals surface area contributed by atoms with Crippen LogP contribution in [0.3, 0.4) is 0 Å². The van der Waals surface area contributed by atoms with E-state index in [2.05, 4.69) is 0 Å². The highest BCUT2D eigenvalue weighted by molar-refractivity contribution is 6.10. The van der Waals surface area contributed by atoms with Crippen LogP contribution in [0.4, 0.5) is 0 Å². The lowest BCUT2D eigenvalue weighted by Gasteiger charge is -2.03. The third-order valence-electron chi connectivity index (χ3n) is 3.40. The number of rotatable bonds is 7. The van der Waals surface area contributed by atoms with E-state index in [0.29, 0.717) is 11.1 Å². The Bertz CT molecular complexity index is 860. The summed E-state index contributed by atoms with van der Waals surface area (Å²) in [6, 6.07) is 8.55. The Morgan fingerprint density at radius 2 is 1.46 bits per heavy atom. The molecule has 26 heavy (non-hydrogen) atoms. The van der Waals surface area contributed by atoms with Crippen molar-refractivity contribution in [2.75, 3.05) is 7.11 Å². The summed E-state index contributed by atoms with van der Waals surface area (Å²) in [7, 11) is 1.42. The minimum atomic E-state index is -0.411. The van der Waals surface area contributed by atoms with E-state index in [9.17, 15) is 24.9 Å². The Kier molecular flexibility index (Phi) is 6.16. The van der Waals surface area contributed by atoms with Crippen LogP contribution < -0.4 is 4.74 Å². The second-order valence-corrected chi connectivity index (χ2v) is 5.49. The van der Waals surface area contributed by atoms with E-state index in [1.54, 1.807) is 12.1 Å². The van der Waals surface area contributed by atoms with Gasteiger partial charge in [-0.25, -0.2) is 0 Å². The molecule has 0 aliphatic carbocycles. The lowest BCUT2D eigenvalue weighted by atomic mass is 10.1. The van der Waals surface area contributed by atoms with Gasteiger partial charge in [-0.1, -0.05) is 18.2 Å². The molecule has 6 nitrogen and oxygen atoms in total. The first kappa shape index (κ1) is 18.8. The molecular weight excluding hydrogens is 336 g/mol. The molecule has 2 aromatic rings. The van der Waals surface area contributed by atoms with Gasteiger partial charge in [0.15, 0.2) is 23.1 Å². The van der Waals surface area contributed by atoms with Gasteiger partial charge in [0.1, 0.15) is 11.5 Å². The Morgan fingerprint density at radius 3 is 2.04 bits per heavy atom. The van der Waals surface area contributed by atoms with Crippen molar-refractivity contribution in [2.45, 2.75) is 6.42 Å². The van der Waals surface area contributed by atoms with E-state index in [-0.39, 0.29) is 35.2 Å². The van der Waals surface area contributed by atoms with Crippen molar-refractivity contribution >= 4 is 23.7 Å². The molecule has 0 aromatic heterocycles. The van der Waals surface area contributed by atoms with E-state index >= 15 is 0 Å². The van der Waals surface area contributed by atoms with E-state index in [1.165, 1.54) is 55.7 Å². The predicted molar refractivity (Wildman–Crippen MR) is 97.1 cm³/mol. The van der Waals surface area contributed by atoms with Crippen molar-refractivity contribution in [3.8, 4) is 23.0 Å². The molecule has 0 amide bonds. The van der Waals surface area contributed by atoms with Gasteiger partial charge in [0, 0.05) is 6.07 Å². The highest BCUT2D eigenvalue weighted by atomic mass is 16.5. The summed E-state index contributed by atoms with van der Waals surface area (Å²) >= 11 is 0. The second kappa shape index (κ2) is 8.53. The third-order valence-corrected chi connectivity index (χ3v) is 3.40. The number of hydrogen-bond donors (Lipinski definition) is 3. The molecule has 0 radical (unpaired) electrons. The Labute approximate surface area is 150 Å². The normalized spacial score (nSPS) is 11.1. The number of hydrogen-bond acceptors (Lipinski definition) is 6. The van der Waals surface area contributed by atoms with Crippen molar-refractivity contribution in [1.29, 1.82) is 0 Å². The highest BCUT2D eigenvalue weighted by Crippen LogP contribution is 2.26. The molecule has 2 rings (SSSR count). The zero-order chi connectivity index (χ0) is 19.1. The van der Waals surface area contributed by atoms with E-state index in [0.717, 1.165) is 0 Å². The SMILES string of the molecule is COc1cc(/C=C/C(=O)CC(=O)/C=C/c2cc(O)cc(O)c2)ccc1O. The molecule has 6 heteroatoms. The Morgan fingerprint density at radius 1 is 0.885 bits per heavy atom. The van der Waals surface area contributed by atoms with Crippen LogP contribution in [0.1, 0.15) is 17.5 Å². The molecule has 0 fully saturated rings.